The summed E-state index contributed by atoms with van der Waals surface area (Å²) >= 11 is 0. The molecular formula is C15H27ClN2O. The third-order valence-electron chi connectivity index (χ3n) is 5.39. The predicted molar refractivity (Wildman–Crippen MR) is 79.4 cm³/mol. The molecule has 4 unspecified atom stereocenters. The standard InChI is InChI=1S/C15H26N2O.ClH/c18-15(4-2-11-5-6-16-9-11)17-10-14-8-12-1-3-13(14)7-12;/h11-14,16H,1-10H2,(H,17,18);1H. The molecule has 4 atom stereocenters. The highest BCUT2D eigenvalue weighted by Crippen LogP contribution is 2.47. The summed E-state index contributed by atoms with van der Waals surface area (Å²) < 4.78 is 0. The van der Waals surface area contributed by atoms with Crippen LogP contribution >= 0.6 is 12.4 Å². The van der Waals surface area contributed by atoms with Crippen LogP contribution in [-0.2, 0) is 4.79 Å². The molecule has 0 spiro atoms. The van der Waals surface area contributed by atoms with Crippen molar-refractivity contribution in [2.24, 2.45) is 23.7 Å². The Kier molecular flexibility index (Phi) is 5.52. The van der Waals surface area contributed by atoms with Crippen molar-refractivity contribution in [3.63, 3.8) is 0 Å². The first-order valence-corrected chi connectivity index (χ1v) is 7.78. The van der Waals surface area contributed by atoms with Gasteiger partial charge < -0.3 is 10.6 Å². The first kappa shape index (κ1) is 15.1. The molecule has 3 aliphatic rings. The largest absolute Gasteiger partial charge is 0.356 e. The van der Waals surface area contributed by atoms with Crippen molar-refractivity contribution in [3.05, 3.63) is 0 Å². The maximum Gasteiger partial charge on any atom is 0.220 e. The Labute approximate surface area is 122 Å². The van der Waals surface area contributed by atoms with Gasteiger partial charge in [-0.05, 0) is 68.9 Å². The van der Waals surface area contributed by atoms with Crippen molar-refractivity contribution in [1.29, 1.82) is 0 Å². The second-order valence-corrected chi connectivity index (χ2v) is 6.64. The van der Waals surface area contributed by atoms with E-state index in [0.29, 0.717) is 0 Å². The maximum atomic E-state index is 11.8. The normalized spacial score (nSPS) is 36.2. The fraction of sp³-hybridized carbons (Fsp3) is 0.933. The van der Waals surface area contributed by atoms with E-state index in [4.69, 9.17) is 0 Å². The third-order valence-corrected chi connectivity index (χ3v) is 5.39. The van der Waals surface area contributed by atoms with Gasteiger partial charge in [-0.25, -0.2) is 0 Å². The van der Waals surface area contributed by atoms with Gasteiger partial charge in [-0.1, -0.05) is 6.42 Å². The van der Waals surface area contributed by atoms with Crippen LogP contribution in [0.3, 0.4) is 0 Å². The summed E-state index contributed by atoms with van der Waals surface area (Å²) in [4.78, 5) is 11.8. The smallest absolute Gasteiger partial charge is 0.220 e. The lowest BCUT2D eigenvalue weighted by atomic mass is 9.89. The van der Waals surface area contributed by atoms with E-state index in [1.165, 1.54) is 32.1 Å². The SMILES string of the molecule is Cl.O=C(CCC1CCNC1)NCC1CC2CCC1C2. The van der Waals surface area contributed by atoms with Gasteiger partial charge in [0.25, 0.3) is 0 Å². The fourth-order valence-corrected chi connectivity index (χ4v) is 4.26. The molecule has 1 saturated heterocycles. The molecule has 0 aromatic rings. The summed E-state index contributed by atoms with van der Waals surface area (Å²) in [5, 5.41) is 6.53. The van der Waals surface area contributed by atoms with Gasteiger partial charge in [0.1, 0.15) is 0 Å². The van der Waals surface area contributed by atoms with Crippen LogP contribution in [0.15, 0.2) is 0 Å². The molecule has 1 heterocycles. The van der Waals surface area contributed by atoms with E-state index in [1.807, 2.05) is 0 Å². The van der Waals surface area contributed by atoms with E-state index in [0.717, 1.165) is 56.1 Å². The third kappa shape index (κ3) is 3.85. The average molecular weight is 287 g/mol. The average Bonchev–Trinajstić information content (AvgIpc) is 3.09. The topological polar surface area (TPSA) is 41.1 Å². The Morgan fingerprint density at radius 1 is 1.21 bits per heavy atom. The summed E-state index contributed by atoms with van der Waals surface area (Å²) in [7, 11) is 0. The molecule has 0 radical (unpaired) electrons. The van der Waals surface area contributed by atoms with Gasteiger partial charge in [0.15, 0.2) is 0 Å². The number of amides is 1. The Morgan fingerprint density at radius 3 is 2.74 bits per heavy atom. The number of rotatable bonds is 5. The van der Waals surface area contributed by atoms with E-state index in [-0.39, 0.29) is 18.3 Å². The quantitative estimate of drug-likeness (QED) is 0.815. The lowest BCUT2D eigenvalue weighted by molar-refractivity contribution is -0.121. The van der Waals surface area contributed by atoms with Gasteiger partial charge in [-0.3, -0.25) is 4.79 Å². The van der Waals surface area contributed by atoms with Crippen molar-refractivity contribution in [2.75, 3.05) is 19.6 Å². The highest BCUT2D eigenvalue weighted by molar-refractivity contribution is 5.85. The Balaban J connectivity index is 0.00000133. The minimum Gasteiger partial charge on any atom is -0.356 e. The van der Waals surface area contributed by atoms with Gasteiger partial charge in [0.05, 0.1) is 0 Å². The highest BCUT2D eigenvalue weighted by Gasteiger charge is 2.39. The van der Waals surface area contributed by atoms with E-state index >= 15 is 0 Å². The van der Waals surface area contributed by atoms with Crippen molar-refractivity contribution in [3.8, 4) is 0 Å². The molecule has 3 rings (SSSR count). The number of carbonyl (C=O) groups excluding carboxylic acids is 1. The first-order valence-electron chi connectivity index (χ1n) is 7.78. The second-order valence-electron chi connectivity index (χ2n) is 6.64. The lowest BCUT2D eigenvalue weighted by Crippen LogP contribution is -2.31. The van der Waals surface area contributed by atoms with Gasteiger partial charge in [-0.2, -0.15) is 0 Å². The monoisotopic (exact) mass is 286 g/mol. The Bertz CT molecular complexity index is 305. The van der Waals surface area contributed by atoms with E-state index in [9.17, 15) is 4.79 Å². The first-order chi connectivity index (χ1) is 8.81. The molecule has 0 aromatic carbocycles. The highest BCUT2D eigenvalue weighted by atomic mass is 35.5. The van der Waals surface area contributed by atoms with Crippen LogP contribution in [0.1, 0.15) is 44.9 Å². The molecule has 2 saturated carbocycles. The van der Waals surface area contributed by atoms with Gasteiger partial charge in [-0.15, -0.1) is 12.4 Å². The van der Waals surface area contributed by atoms with Crippen molar-refractivity contribution in [1.82, 2.24) is 10.6 Å². The van der Waals surface area contributed by atoms with Crippen LogP contribution in [0.25, 0.3) is 0 Å². The molecule has 2 aliphatic carbocycles. The Hall–Kier alpha value is -0.280. The minimum atomic E-state index is 0. The summed E-state index contributed by atoms with van der Waals surface area (Å²) in [5.41, 5.74) is 0. The molecular weight excluding hydrogens is 260 g/mol. The molecule has 2 bridgehead atoms. The summed E-state index contributed by atoms with van der Waals surface area (Å²) in [6, 6.07) is 0. The van der Waals surface area contributed by atoms with Crippen LogP contribution in [0.4, 0.5) is 0 Å². The second kappa shape index (κ2) is 6.94. The van der Waals surface area contributed by atoms with Gasteiger partial charge in [0, 0.05) is 13.0 Å². The van der Waals surface area contributed by atoms with Crippen LogP contribution in [0.2, 0.25) is 0 Å². The van der Waals surface area contributed by atoms with E-state index in [2.05, 4.69) is 10.6 Å². The van der Waals surface area contributed by atoms with Gasteiger partial charge >= 0.3 is 0 Å². The zero-order valence-electron chi connectivity index (χ0n) is 11.7. The number of carbonyl (C=O) groups is 1. The van der Waals surface area contributed by atoms with Crippen molar-refractivity contribution in [2.45, 2.75) is 44.9 Å². The molecule has 3 fully saturated rings. The van der Waals surface area contributed by atoms with Crippen LogP contribution < -0.4 is 10.6 Å². The number of halogens is 1. The molecule has 1 amide bonds. The molecule has 1 aliphatic heterocycles. The van der Waals surface area contributed by atoms with E-state index in [1.54, 1.807) is 0 Å². The van der Waals surface area contributed by atoms with Crippen molar-refractivity contribution >= 4 is 18.3 Å². The zero-order chi connectivity index (χ0) is 12.4. The molecule has 19 heavy (non-hydrogen) atoms. The summed E-state index contributed by atoms with van der Waals surface area (Å²) in [5.74, 6) is 3.72. The van der Waals surface area contributed by atoms with Crippen LogP contribution in [0.5, 0.6) is 0 Å². The summed E-state index contributed by atoms with van der Waals surface area (Å²) in [6.07, 6.45) is 8.72. The molecule has 4 heteroatoms. The lowest BCUT2D eigenvalue weighted by Gasteiger charge is -2.21. The maximum absolute atomic E-state index is 11.8. The Morgan fingerprint density at radius 2 is 2.11 bits per heavy atom. The van der Waals surface area contributed by atoms with Crippen LogP contribution in [0, 0.1) is 23.7 Å². The number of nitrogens with one attached hydrogen (secondary N) is 2. The number of fused-ring (bicyclic) bond motifs is 2. The van der Waals surface area contributed by atoms with Crippen molar-refractivity contribution < 1.29 is 4.79 Å². The van der Waals surface area contributed by atoms with E-state index < -0.39 is 0 Å². The number of hydrogen-bond acceptors (Lipinski definition) is 2. The fourth-order valence-electron chi connectivity index (χ4n) is 4.26. The predicted octanol–water partition coefficient (Wildman–Crippen LogP) is 2.35. The number of hydrogen-bond donors (Lipinski definition) is 2. The summed E-state index contributed by atoms with van der Waals surface area (Å²) in [6.45, 7) is 3.19. The molecule has 3 nitrogen and oxygen atoms in total. The van der Waals surface area contributed by atoms with Gasteiger partial charge in [0.2, 0.25) is 5.91 Å². The zero-order valence-corrected chi connectivity index (χ0v) is 12.5. The molecule has 110 valence electrons. The molecule has 0 aromatic heterocycles. The van der Waals surface area contributed by atoms with Crippen LogP contribution in [-0.4, -0.2) is 25.5 Å². The minimum absolute atomic E-state index is 0. The molecule has 2 N–H and O–H groups in total.